The highest BCUT2D eigenvalue weighted by atomic mass is 35.5. The number of rotatable bonds is 6. The third kappa shape index (κ3) is 4.60. The molecule has 5 nitrogen and oxygen atoms in total. The number of fused-ring (bicyclic) bond motifs is 1. The van der Waals surface area contributed by atoms with Gasteiger partial charge in [0.25, 0.3) is 0 Å². The first-order valence-corrected chi connectivity index (χ1v) is 11.7. The Hall–Kier alpha value is -2.92. The van der Waals surface area contributed by atoms with E-state index in [9.17, 15) is 9.59 Å². The van der Waals surface area contributed by atoms with Crippen LogP contribution in [0.25, 0.3) is 0 Å². The van der Waals surface area contributed by atoms with Crippen LogP contribution in [0, 0.1) is 5.92 Å². The van der Waals surface area contributed by atoms with E-state index in [-0.39, 0.29) is 11.7 Å². The highest BCUT2D eigenvalue weighted by molar-refractivity contribution is 6.30. The summed E-state index contributed by atoms with van der Waals surface area (Å²) in [6.07, 6.45) is 1.89. The van der Waals surface area contributed by atoms with Gasteiger partial charge in [-0.05, 0) is 49.4 Å². The average molecular weight is 466 g/mol. The number of carbonyl (C=O) groups excluding carboxylic acids is 2. The van der Waals surface area contributed by atoms with E-state index in [2.05, 4.69) is 0 Å². The van der Waals surface area contributed by atoms with E-state index in [1.54, 1.807) is 0 Å². The molecule has 2 aromatic rings. The van der Waals surface area contributed by atoms with Crippen molar-refractivity contribution >= 4 is 29.1 Å². The molecule has 172 valence electrons. The number of carbonyl (C=O) groups is 2. The van der Waals surface area contributed by atoms with E-state index < -0.39 is 17.8 Å². The van der Waals surface area contributed by atoms with Gasteiger partial charge in [-0.1, -0.05) is 48.9 Å². The van der Waals surface area contributed by atoms with E-state index in [4.69, 9.17) is 26.1 Å². The number of aliphatic imine (C=N–C) groups is 1. The lowest BCUT2D eigenvalue weighted by Crippen LogP contribution is -2.41. The molecule has 4 rings (SSSR count). The molecule has 1 fully saturated rings. The van der Waals surface area contributed by atoms with E-state index >= 15 is 0 Å². The van der Waals surface area contributed by atoms with E-state index in [0.29, 0.717) is 41.5 Å². The molecule has 1 aliphatic carbocycles. The van der Waals surface area contributed by atoms with E-state index in [1.807, 2.05) is 62.4 Å². The Bertz CT molecular complexity index is 1120. The van der Waals surface area contributed by atoms with Crippen LogP contribution < -0.4 is 4.74 Å². The Labute approximate surface area is 199 Å². The summed E-state index contributed by atoms with van der Waals surface area (Å²) in [4.78, 5) is 31.3. The van der Waals surface area contributed by atoms with Crippen LogP contribution in [-0.4, -0.2) is 31.2 Å². The molecule has 0 bridgehead atoms. The maximum Gasteiger partial charge on any atom is 0.336 e. The Morgan fingerprint density at radius 2 is 1.82 bits per heavy atom. The quantitative estimate of drug-likeness (QED) is 0.500. The van der Waals surface area contributed by atoms with Crippen molar-refractivity contribution in [3.63, 3.8) is 0 Å². The molecule has 0 spiro atoms. The third-order valence-electron chi connectivity index (χ3n) is 6.42. The molecular weight excluding hydrogens is 438 g/mol. The zero-order valence-electron chi connectivity index (χ0n) is 19.1. The first-order chi connectivity index (χ1) is 15.9. The number of benzene rings is 2. The van der Waals surface area contributed by atoms with Gasteiger partial charge in [-0.2, -0.15) is 0 Å². The predicted molar refractivity (Wildman–Crippen MR) is 129 cm³/mol. The summed E-state index contributed by atoms with van der Waals surface area (Å²) in [5, 5.41) is 0.666. The largest absolute Gasteiger partial charge is 0.493 e. The summed E-state index contributed by atoms with van der Waals surface area (Å²) in [7, 11) is 1.36. The summed E-state index contributed by atoms with van der Waals surface area (Å²) in [5.74, 6) is -0.673. The van der Waals surface area contributed by atoms with Crippen LogP contribution in [0.1, 0.15) is 56.1 Å². The number of esters is 1. The standard InChI is InChI=1S/C27H28ClNO4/c1-4-13-33-23-8-6-5-7-20(23)25-24(27(31)32-3)16(2)29-21-14-18(15-22(30)26(21)25)17-9-11-19(28)12-10-17/h5-12,18,25-26H,4,13-15H2,1-3H3/t18-,25-,26?/m0/s1. The van der Waals surface area contributed by atoms with E-state index in [0.717, 1.165) is 23.3 Å². The number of ketones is 1. The second-order valence-electron chi connectivity index (χ2n) is 8.56. The Balaban J connectivity index is 1.79. The number of hydrogen-bond donors (Lipinski definition) is 0. The Kier molecular flexibility index (Phi) is 6.99. The second-order valence-corrected chi connectivity index (χ2v) is 8.99. The molecule has 33 heavy (non-hydrogen) atoms. The van der Waals surface area contributed by atoms with Crippen LogP contribution in [0.5, 0.6) is 5.75 Å². The van der Waals surface area contributed by atoms with Gasteiger partial charge in [-0.25, -0.2) is 4.79 Å². The monoisotopic (exact) mass is 465 g/mol. The molecule has 1 unspecified atom stereocenters. The lowest BCUT2D eigenvalue weighted by Gasteiger charge is -2.38. The summed E-state index contributed by atoms with van der Waals surface area (Å²) in [6, 6.07) is 15.3. The number of ether oxygens (including phenoxy) is 2. The third-order valence-corrected chi connectivity index (χ3v) is 6.67. The normalized spacial score (nSPS) is 22.5. The van der Waals surface area contributed by atoms with Crippen LogP contribution >= 0.6 is 11.6 Å². The molecule has 3 atom stereocenters. The summed E-state index contributed by atoms with van der Waals surface area (Å²) >= 11 is 6.05. The van der Waals surface area contributed by atoms with Crippen molar-refractivity contribution in [3.05, 3.63) is 76.0 Å². The Morgan fingerprint density at radius 1 is 1.09 bits per heavy atom. The fourth-order valence-electron chi connectivity index (χ4n) is 4.94. The summed E-state index contributed by atoms with van der Waals surface area (Å²) in [6.45, 7) is 4.41. The van der Waals surface area contributed by atoms with Crippen LogP contribution in [0.4, 0.5) is 0 Å². The van der Waals surface area contributed by atoms with Crippen LogP contribution in [-0.2, 0) is 14.3 Å². The number of allylic oxidation sites excluding steroid dienone is 1. The van der Waals surface area contributed by atoms with Gasteiger partial charge in [0.15, 0.2) is 0 Å². The van der Waals surface area contributed by atoms with Gasteiger partial charge in [-0.15, -0.1) is 0 Å². The number of halogens is 1. The van der Waals surface area contributed by atoms with Gasteiger partial charge in [-0.3, -0.25) is 9.79 Å². The zero-order chi connectivity index (χ0) is 23.5. The number of nitrogens with zero attached hydrogens (tertiary/aromatic N) is 1. The molecule has 0 aromatic heterocycles. The molecule has 0 saturated heterocycles. The maximum absolute atomic E-state index is 13.6. The minimum atomic E-state index is -0.516. The second kappa shape index (κ2) is 9.92. The predicted octanol–water partition coefficient (Wildman–Crippen LogP) is 5.88. The molecule has 6 heteroatoms. The zero-order valence-corrected chi connectivity index (χ0v) is 19.9. The average Bonchev–Trinajstić information content (AvgIpc) is 2.82. The highest BCUT2D eigenvalue weighted by Gasteiger charge is 2.46. The molecule has 0 radical (unpaired) electrons. The number of hydrogen-bond acceptors (Lipinski definition) is 5. The van der Waals surface area contributed by atoms with Crippen LogP contribution in [0.15, 0.2) is 64.8 Å². The number of methoxy groups -OCH3 is 1. The van der Waals surface area contributed by atoms with Crippen molar-refractivity contribution in [2.75, 3.05) is 13.7 Å². The molecule has 1 heterocycles. The van der Waals surface area contributed by atoms with Crippen molar-refractivity contribution in [2.45, 2.75) is 44.9 Å². The highest BCUT2D eigenvalue weighted by Crippen LogP contribution is 2.48. The van der Waals surface area contributed by atoms with Gasteiger partial charge in [0, 0.05) is 34.3 Å². The molecule has 0 amide bonds. The topological polar surface area (TPSA) is 65.0 Å². The minimum Gasteiger partial charge on any atom is -0.493 e. The van der Waals surface area contributed by atoms with Crippen LogP contribution in [0.2, 0.25) is 5.02 Å². The van der Waals surface area contributed by atoms with Crippen molar-refractivity contribution < 1.29 is 19.1 Å². The smallest absolute Gasteiger partial charge is 0.336 e. The molecule has 0 N–H and O–H groups in total. The van der Waals surface area contributed by atoms with Gasteiger partial charge in [0.2, 0.25) is 0 Å². The van der Waals surface area contributed by atoms with Gasteiger partial charge < -0.3 is 9.47 Å². The van der Waals surface area contributed by atoms with E-state index in [1.165, 1.54) is 7.11 Å². The van der Waals surface area contributed by atoms with Crippen molar-refractivity contribution in [3.8, 4) is 5.75 Å². The first-order valence-electron chi connectivity index (χ1n) is 11.3. The van der Waals surface area contributed by atoms with Crippen molar-refractivity contribution in [2.24, 2.45) is 10.9 Å². The lowest BCUT2D eigenvalue weighted by molar-refractivity contribution is -0.136. The van der Waals surface area contributed by atoms with Gasteiger partial charge in [0.1, 0.15) is 11.5 Å². The fraction of sp³-hybridized carbons (Fsp3) is 0.370. The summed E-state index contributed by atoms with van der Waals surface area (Å²) < 4.78 is 11.1. The number of Topliss-reactive ketones (excluding diaryl/α,β-unsaturated/α-hetero) is 1. The first kappa shape index (κ1) is 23.2. The molecule has 2 aliphatic rings. The summed E-state index contributed by atoms with van der Waals surface area (Å²) in [5.41, 5.74) is 3.72. The molecule has 1 aliphatic heterocycles. The Morgan fingerprint density at radius 3 is 2.52 bits per heavy atom. The lowest BCUT2D eigenvalue weighted by atomic mass is 9.66. The SMILES string of the molecule is CCCOc1ccccc1[C@H]1C(C(=O)OC)=C(C)N=C2C[C@H](c3ccc(Cl)cc3)CC(=O)C21. The van der Waals surface area contributed by atoms with Gasteiger partial charge >= 0.3 is 5.97 Å². The van der Waals surface area contributed by atoms with Gasteiger partial charge in [0.05, 0.1) is 25.2 Å². The molecule has 1 saturated carbocycles. The van der Waals surface area contributed by atoms with Crippen molar-refractivity contribution in [1.29, 1.82) is 0 Å². The number of para-hydroxylation sites is 1. The molecule has 2 aromatic carbocycles. The van der Waals surface area contributed by atoms with Crippen molar-refractivity contribution in [1.82, 2.24) is 0 Å². The fourth-order valence-corrected chi connectivity index (χ4v) is 5.07. The van der Waals surface area contributed by atoms with Crippen LogP contribution in [0.3, 0.4) is 0 Å². The maximum atomic E-state index is 13.6. The minimum absolute atomic E-state index is 0.0319. The molecular formula is C27H28ClNO4.